The van der Waals surface area contributed by atoms with Crippen LogP contribution in [-0.2, 0) is 17.8 Å². The van der Waals surface area contributed by atoms with Gasteiger partial charge in [0.1, 0.15) is 6.04 Å². The average Bonchev–Trinajstić information content (AvgIpc) is 3.12. The molecule has 1 atom stereocenters. The lowest BCUT2D eigenvalue weighted by Crippen LogP contribution is -2.48. The predicted molar refractivity (Wildman–Crippen MR) is 114 cm³/mol. The molecule has 144 valence electrons. The van der Waals surface area contributed by atoms with Gasteiger partial charge in [-0.2, -0.15) is 0 Å². The van der Waals surface area contributed by atoms with Crippen LogP contribution in [0.5, 0.6) is 0 Å². The van der Waals surface area contributed by atoms with Gasteiger partial charge in [0.2, 0.25) is 5.91 Å². The summed E-state index contributed by atoms with van der Waals surface area (Å²) in [4.78, 5) is 28.4. The normalized spacial score (nSPS) is 11.6. The highest BCUT2D eigenvalue weighted by atomic mass is 35.5. The SMILES string of the molecule is CN(Cc1ccc(Cl)s1)C(=O)C(Cc1ccccc1)NC(=O)c1ccccc1. The summed E-state index contributed by atoms with van der Waals surface area (Å²) in [6, 6.07) is 21.7. The summed E-state index contributed by atoms with van der Waals surface area (Å²) in [5.74, 6) is -0.403. The van der Waals surface area contributed by atoms with Gasteiger partial charge in [-0.1, -0.05) is 60.1 Å². The van der Waals surface area contributed by atoms with Crippen LogP contribution in [0.4, 0.5) is 0 Å². The van der Waals surface area contributed by atoms with Crippen molar-refractivity contribution in [3.05, 3.63) is 93.1 Å². The van der Waals surface area contributed by atoms with Crippen LogP contribution in [0.15, 0.2) is 72.8 Å². The van der Waals surface area contributed by atoms with Crippen LogP contribution < -0.4 is 5.32 Å². The third-order valence-electron chi connectivity index (χ3n) is 4.32. The van der Waals surface area contributed by atoms with Crippen molar-refractivity contribution >= 4 is 34.8 Å². The van der Waals surface area contributed by atoms with Crippen molar-refractivity contribution in [1.82, 2.24) is 10.2 Å². The van der Waals surface area contributed by atoms with E-state index in [4.69, 9.17) is 11.6 Å². The molecule has 0 saturated heterocycles. The highest BCUT2D eigenvalue weighted by Crippen LogP contribution is 2.22. The van der Waals surface area contributed by atoms with Crippen LogP contribution in [0.1, 0.15) is 20.8 Å². The molecule has 0 radical (unpaired) electrons. The number of likely N-dealkylation sites (N-methyl/N-ethyl adjacent to an activating group) is 1. The van der Waals surface area contributed by atoms with Gasteiger partial charge in [0.05, 0.1) is 10.9 Å². The van der Waals surface area contributed by atoms with E-state index >= 15 is 0 Å². The fourth-order valence-corrected chi connectivity index (χ4v) is 4.04. The molecule has 1 aromatic heterocycles. The van der Waals surface area contributed by atoms with Gasteiger partial charge in [0.25, 0.3) is 5.91 Å². The molecule has 28 heavy (non-hydrogen) atoms. The lowest BCUT2D eigenvalue weighted by atomic mass is 10.0. The van der Waals surface area contributed by atoms with E-state index in [1.165, 1.54) is 11.3 Å². The Morgan fingerprint density at radius 1 is 1.00 bits per heavy atom. The van der Waals surface area contributed by atoms with Crippen LogP contribution in [0.25, 0.3) is 0 Å². The van der Waals surface area contributed by atoms with E-state index < -0.39 is 6.04 Å². The number of hydrogen-bond acceptors (Lipinski definition) is 3. The van der Waals surface area contributed by atoms with Crippen LogP contribution in [-0.4, -0.2) is 29.8 Å². The summed E-state index contributed by atoms with van der Waals surface area (Å²) in [5, 5.41) is 2.90. The molecule has 3 aromatic rings. The minimum absolute atomic E-state index is 0.141. The van der Waals surface area contributed by atoms with E-state index in [2.05, 4.69) is 5.32 Å². The fraction of sp³-hybridized carbons (Fsp3) is 0.182. The van der Waals surface area contributed by atoms with Gasteiger partial charge in [0.15, 0.2) is 0 Å². The molecule has 0 aliphatic carbocycles. The third kappa shape index (κ3) is 5.44. The lowest BCUT2D eigenvalue weighted by Gasteiger charge is -2.24. The van der Waals surface area contributed by atoms with Crippen LogP contribution in [0.2, 0.25) is 4.34 Å². The van der Waals surface area contributed by atoms with Gasteiger partial charge in [0, 0.05) is 23.9 Å². The summed E-state index contributed by atoms with van der Waals surface area (Å²) in [6.07, 6.45) is 0.424. The van der Waals surface area contributed by atoms with Crippen molar-refractivity contribution in [3.8, 4) is 0 Å². The molecule has 2 amide bonds. The number of halogens is 1. The topological polar surface area (TPSA) is 49.4 Å². The first-order valence-corrected chi connectivity index (χ1v) is 10.1. The summed E-state index contributed by atoms with van der Waals surface area (Å²) >= 11 is 7.43. The Hall–Kier alpha value is -2.63. The summed E-state index contributed by atoms with van der Waals surface area (Å²) < 4.78 is 0.689. The predicted octanol–water partition coefficient (Wildman–Crippen LogP) is 4.40. The van der Waals surface area contributed by atoms with Crippen molar-refractivity contribution in [2.45, 2.75) is 19.0 Å². The highest BCUT2D eigenvalue weighted by molar-refractivity contribution is 7.16. The van der Waals surface area contributed by atoms with E-state index in [-0.39, 0.29) is 11.8 Å². The van der Waals surface area contributed by atoms with E-state index in [1.807, 2.05) is 48.5 Å². The average molecular weight is 413 g/mol. The second-order valence-electron chi connectivity index (χ2n) is 6.48. The zero-order valence-electron chi connectivity index (χ0n) is 15.5. The smallest absolute Gasteiger partial charge is 0.251 e. The van der Waals surface area contributed by atoms with Crippen LogP contribution in [0.3, 0.4) is 0 Å². The fourth-order valence-electron chi connectivity index (χ4n) is 2.90. The van der Waals surface area contributed by atoms with E-state index in [1.54, 1.807) is 36.2 Å². The second-order valence-corrected chi connectivity index (χ2v) is 8.28. The molecule has 2 aromatic carbocycles. The largest absolute Gasteiger partial charge is 0.340 e. The molecule has 0 aliphatic rings. The number of nitrogens with zero attached hydrogens (tertiary/aromatic N) is 1. The molecule has 3 rings (SSSR count). The number of rotatable bonds is 7. The maximum absolute atomic E-state index is 13.1. The number of benzene rings is 2. The zero-order valence-corrected chi connectivity index (χ0v) is 17.0. The van der Waals surface area contributed by atoms with E-state index in [0.29, 0.717) is 22.9 Å². The number of thiophene rings is 1. The molecule has 4 nitrogen and oxygen atoms in total. The van der Waals surface area contributed by atoms with Gasteiger partial charge in [-0.15, -0.1) is 11.3 Å². The first kappa shape index (κ1) is 20.1. The molecule has 0 spiro atoms. The molecule has 0 saturated carbocycles. The van der Waals surface area contributed by atoms with Gasteiger partial charge >= 0.3 is 0 Å². The lowest BCUT2D eigenvalue weighted by molar-refractivity contribution is -0.132. The maximum Gasteiger partial charge on any atom is 0.251 e. The second kappa shape index (κ2) is 9.53. The molecule has 1 N–H and O–H groups in total. The van der Waals surface area contributed by atoms with Gasteiger partial charge in [-0.05, 0) is 29.8 Å². The Balaban J connectivity index is 1.76. The Bertz CT molecular complexity index is 928. The van der Waals surface area contributed by atoms with E-state index in [0.717, 1.165) is 10.4 Å². The monoisotopic (exact) mass is 412 g/mol. The Morgan fingerprint density at radius 3 is 2.25 bits per heavy atom. The summed E-state index contributed by atoms with van der Waals surface area (Å²) in [5.41, 5.74) is 1.52. The van der Waals surface area contributed by atoms with Gasteiger partial charge < -0.3 is 10.2 Å². The van der Waals surface area contributed by atoms with Crippen molar-refractivity contribution in [3.63, 3.8) is 0 Å². The zero-order chi connectivity index (χ0) is 19.9. The molecule has 6 heteroatoms. The molecule has 0 aliphatic heterocycles. The molecular weight excluding hydrogens is 392 g/mol. The minimum atomic E-state index is -0.657. The third-order valence-corrected chi connectivity index (χ3v) is 5.54. The molecule has 1 heterocycles. The van der Waals surface area contributed by atoms with Gasteiger partial charge in [-0.25, -0.2) is 0 Å². The maximum atomic E-state index is 13.1. The first-order valence-electron chi connectivity index (χ1n) is 8.92. The molecular formula is C22H21ClN2O2S. The highest BCUT2D eigenvalue weighted by Gasteiger charge is 2.25. The van der Waals surface area contributed by atoms with Crippen molar-refractivity contribution in [1.29, 1.82) is 0 Å². The van der Waals surface area contributed by atoms with E-state index in [9.17, 15) is 9.59 Å². The quantitative estimate of drug-likeness (QED) is 0.625. The molecule has 0 fully saturated rings. The standard InChI is InChI=1S/C22H21ClN2O2S/c1-25(15-18-12-13-20(23)28-18)22(27)19(14-16-8-4-2-5-9-16)24-21(26)17-10-6-3-7-11-17/h2-13,19H,14-15H2,1H3,(H,24,26). The number of carbonyl (C=O) groups excluding carboxylic acids is 2. The number of carbonyl (C=O) groups is 2. The first-order chi connectivity index (χ1) is 13.5. The van der Waals surface area contributed by atoms with Crippen molar-refractivity contribution in [2.24, 2.45) is 0 Å². The van der Waals surface area contributed by atoms with Gasteiger partial charge in [-0.3, -0.25) is 9.59 Å². The van der Waals surface area contributed by atoms with Crippen molar-refractivity contribution < 1.29 is 9.59 Å². The number of amides is 2. The number of hydrogen-bond donors (Lipinski definition) is 1. The minimum Gasteiger partial charge on any atom is -0.340 e. The Kier molecular flexibility index (Phi) is 6.85. The van der Waals surface area contributed by atoms with Crippen molar-refractivity contribution in [2.75, 3.05) is 7.05 Å². The molecule has 1 unspecified atom stereocenters. The van der Waals surface area contributed by atoms with Crippen LogP contribution in [0, 0.1) is 0 Å². The number of nitrogens with one attached hydrogen (secondary N) is 1. The Labute approximate surface area is 173 Å². The molecule has 0 bridgehead atoms. The summed E-state index contributed by atoms with van der Waals surface area (Å²) in [6.45, 7) is 0.447. The van der Waals surface area contributed by atoms with Crippen LogP contribution >= 0.6 is 22.9 Å². The summed E-state index contributed by atoms with van der Waals surface area (Å²) in [7, 11) is 1.74. The Morgan fingerprint density at radius 2 is 1.64 bits per heavy atom.